The molecule has 2 aromatic rings. The third-order valence-corrected chi connectivity index (χ3v) is 4.23. The van der Waals surface area contributed by atoms with Gasteiger partial charge in [-0.3, -0.25) is 0 Å². The summed E-state index contributed by atoms with van der Waals surface area (Å²) in [5.41, 5.74) is 1.78. The highest BCUT2D eigenvalue weighted by Gasteiger charge is 2.15. The summed E-state index contributed by atoms with van der Waals surface area (Å²) in [6.07, 6.45) is 0.586. The van der Waals surface area contributed by atoms with Crippen molar-refractivity contribution in [3.63, 3.8) is 0 Å². The van der Waals surface area contributed by atoms with E-state index in [0.29, 0.717) is 41.8 Å². The highest BCUT2D eigenvalue weighted by molar-refractivity contribution is 6.31. The average molecular weight is 379 g/mol. The fourth-order valence-electron chi connectivity index (χ4n) is 2.55. The van der Waals surface area contributed by atoms with Gasteiger partial charge >= 0.3 is 6.03 Å². The van der Waals surface area contributed by atoms with Crippen LogP contribution in [0.1, 0.15) is 11.1 Å². The summed E-state index contributed by atoms with van der Waals surface area (Å²) < 4.78 is 16.1. The number of ether oxygens (including phenoxy) is 3. The number of urea groups is 1. The van der Waals surface area contributed by atoms with Crippen LogP contribution in [0.5, 0.6) is 17.2 Å². The maximum absolute atomic E-state index is 12.0. The Hall–Kier alpha value is -2.60. The van der Waals surface area contributed by atoms with E-state index in [2.05, 4.69) is 10.6 Å². The SMILES string of the molecule is COc1ccc(CCNC(=O)NCc2ccccc2Cl)c(OC)c1OC. The Morgan fingerprint density at radius 1 is 0.923 bits per heavy atom. The number of hydrogen-bond acceptors (Lipinski definition) is 4. The summed E-state index contributed by atoms with van der Waals surface area (Å²) in [4.78, 5) is 12.0. The molecule has 2 N–H and O–H groups in total. The number of benzene rings is 2. The molecule has 0 saturated heterocycles. The number of amides is 2. The molecule has 0 spiro atoms. The molecule has 0 aliphatic heterocycles. The lowest BCUT2D eigenvalue weighted by molar-refractivity contribution is 0.240. The Labute approximate surface area is 158 Å². The Balaban J connectivity index is 1.89. The van der Waals surface area contributed by atoms with Crippen LogP contribution >= 0.6 is 11.6 Å². The van der Waals surface area contributed by atoms with E-state index in [1.165, 1.54) is 0 Å². The van der Waals surface area contributed by atoms with Gasteiger partial charge in [-0.1, -0.05) is 35.9 Å². The predicted molar refractivity (Wildman–Crippen MR) is 101 cm³/mol. The quantitative estimate of drug-likeness (QED) is 0.738. The molecule has 7 heteroatoms. The van der Waals surface area contributed by atoms with Crippen molar-refractivity contribution in [2.75, 3.05) is 27.9 Å². The first-order valence-electron chi connectivity index (χ1n) is 8.13. The molecular weight excluding hydrogens is 356 g/mol. The number of carbonyl (C=O) groups excluding carboxylic acids is 1. The van der Waals surface area contributed by atoms with Crippen LogP contribution in [0.25, 0.3) is 0 Å². The van der Waals surface area contributed by atoms with Crippen LogP contribution in [-0.4, -0.2) is 33.9 Å². The van der Waals surface area contributed by atoms with Gasteiger partial charge in [0.25, 0.3) is 0 Å². The van der Waals surface area contributed by atoms with E-state index in [1.54, 1.807) is 27.4 Å². The monoisotopic (exact) mass is 378 g/mol. The second kappa shape index (κ2) is 9.77. The number of nitrogens with one attached hydrogen (secondary N) is 2. The minimum absolute atomic E-state index is 0.260. The molecule has 6 nitrogen and oxygen atoms in total. The number of carbonyl (C=O) groups is 1. The fourth-order valence-corrected chi connectivity index (χ4v) is 2.75. The van der Waals surface area contributed by atoms with Gasteiger partial charge in [0.2, 0.25) is 5.75 Å². The van der Waals surface area contributed by atoms with Crippen molar-refractivity contribution in [1.29, 1.82) is 0 Å². The van der Waals surface area contributed by atoms with Crippen LogP contribution in [0.2, 0.25) is 5.02 Å². The van der Waals surface area contributed by atoms with Gasteiger partial charge in [-0.25, -0.2) is 4.79 Å². The molecule has 2 rings (SSSR count). The first-order valence-corrected chi connectivity index (χ1v) is 8.51. The Kier molecular flexibility index (Phi) is 7.41. The van der Waals surface area contributed by atoms with Crippen molar-refractivity contribution < 1.29 is 19.0 Å². The highest BCUT2D eigenvalue weighted by Crippen LogP contribution is 2.39. The summed E-state index contributed by atoms with van der Waals surface area (Å²) in [5, 5.41) is 6.23. The lowest BCUT2D eigenvalue weighted by Gasteiger charge is -2.16. The molecule has 0 bridgehead atoms. The van der Waals surface area contributed by atoms with Gasteiger partial charge in [-0.15, -0.1) is 0 Å². The summed E-state index contributed by atoms with van der Waals surface area (Å²) in [5.74, 6) is 1.74. The number of hydrogen-bond donors (Lipinski definition) is 2. The Bertz CT molecular complexity index is 752. The van der Waals surface area contributed by atoms with Crippen LogP contribution in [0, 0.1) is 0 Å². The van der Waals surface area contributed by atoms with Crippen molar-refractivity contribution in [3.05, 3.63) is 52.5 Å². The number of methoxy groups -OCH3 is 3. The van der Waals surface area contributed by atoms with E-state index < -0.39 is 0 Å². The van der Waals surface area contributed by atoms with Crippen molar-refractivity contribution in [2.24, 2.45) is 0 Å². The zero-order chi connectivity index (χ0) is 18.9. The Morgan fingerprint density at radius 2 is 1.65 bits per heavy atom. The molecule has 0 aliphatic carbocycles. The zero-order valence-electron chi connectivity index (χ0n) is 15.1. The van der Waals surface area contributed by atoms with E-state index in [9.17, 15) is 4.79 Å². The van der Waals surface area contributed by atoms with Crippen LogP contribution in [0.4, 0.5) is 4.79 Å². The molecule has 0 aliphatic rings. The molecule has 140 valence electrons. The first kappa shape index (κ1) is 19.7. The molecule has 2 amide bonds. The standard InChI is InChI=1S/C19H23ClN2O4/c1-24-16-9-8-13(17(25-2)18(16)26-3)10-11-21-19(23)22-12-14-6-4-5-7-15(14)20/h4-9H,10-12H2,1-3H3,(H2,21,22,23). The third kappa shape index (κ3) is 4.95. The normalized spacial score (nSPS) is 10.2. The lowest BCUT2D eigenvalue weighted by Crippen LogP contribution is -2.36. The number of halogens is 1. The molecular formula is C19H23ClN2O4. The lowest BCUT2D eigenvalue weighted by atomic mass is 10.1. The summed E-state index contributed by atoms with van der Waals surface area (Å²) >= 11 is 6.07. The average Bonchev–Trinajstić information content (AvgIpc) is 2.66. The highest BCUT2D eigenvalue weighted by atomic mass is 35.5. The van der Waals surface area contributed by atoms with E-state index in [1.807, 2.05) is 30.3 Å². The van der Waals surface area contributed by atoms with Crippen molar-refractivity contribution in [2.45, 2.75) is 13.0 Å². The topological polar surface area (TPSA) is 68.8 Å². The largest absolute Gasteiger partial charge is 0.493 e. The predicted octanol–water partition coefficient (Wildman–Crippen LogP) is 3.41. The maximum Gasteiger partial charge on any atom is 0.315 e. The van der Waals surface area contributed by atoms with Gasteiger partial charge in [0.15, 0.2) is 11.5 Å². The van der Waals surface area contributed by atoms with Crippen molar-refractivity contribution >= 4 is 17.6 Å². The van der Waals surface area contributed by atoms with Crippen molar-refractivity contribution in [1.82, 2.24) is 10.6 Å². The molecule has 26 heavy (non-hydrogen) atoms. The smallest absolute Gasteiger partial charge is 0.315 e. The maximum atomic E-state index is 12.0. The van der Waals surface area contributed by atoms with E-state index in [-0.39, 0.29) is 6.03 Å². The summed E-state index contributed by atoms with van der Waals surface area (Å²) in [6, 6.07) is 10.8. The van der Waals surface area contributed by atoms with Gasteiger partial charge in [-0.2, -0.15) is 0 Å². The second-order valence-corrected chi connectivity index (χ2v) is 5.85. The third-order valence-electron chi connectivity index (χ3n) is 3.86. The van der Waals surface area contributed by atoms with Crippen molar-refractivity contribution in [3.8, 4) is 17.2 Å². The van der Waals surface area contributed by atoms with Gasteiger partial charge < -0.3 is 24.8 Å². The van der Waals surface area contributed by atoms with Gasteiger partial charge in [0.1, 0.15) is 0 Å². The van der Waals surface area contributed by atoms with E-state index >= 15 is 0 Å². The second-order valence-electron chi connectivity index (χ2n) is 5.44. The van der Waals surface area contributed by atoms with Crippen LogP contribution in [0.15, 0.2) is 36.4 Å². The molecule has 0 fully saturated rings. The van der Waals surface area contributed by atoms with Crippen LogP contribution in [0.3, 0.4) is 0 Å². The van der Waals surface area contributed by atoms with Gasteiger partial charge in [0, 0.05) is 23.7 Å². The molecule has 0 radical (unpaired) electrons. The first-order chi connectivity index (χ1) is 12.6. The Morgan fingerprint density at radius 3 is 2.31 bits per heavy atom. The minimum Gasteiger partial charge on any atom is -0.493 e. The molecule has 0 heterocycles. The van der Waals surface area contributed by atoms with E-state index in [0.717, 1.165) is 11.1 Å². The van der Waals surface area contributed by atoms with Crippen LogP contribution in [-0.2, 0) is 13.0 Å². The zero-order valence-corrected chi connectivity index (χ0v) is 15.9. The van der Waals surface area contributed by atoms with E-state index in [4.69, 9.17) is 25.8 Å². The molecule has 2 aromatic carbocycles. The fraction of sp³-hybridized carbons (Fsp3) is 0.316. The molecule has 0 saturated carbocycles. The molecule has 0 aromatic heterocycles. The summed E-state index contributed by atoms with van der Waals surface area (Å²) in [6.45, 7) is 0.811. The minimum atomic E-state index is -0.260. The number of rotatable bonds is 8. The molecule has 0 unspecified atom stereocenters. The van der Waals surface area contributed by atoms with Gasteiger partial charge in [0.05, 0.1) is 21.3 Å². The molecule has 0 atom stereocenters. The van der Waals surface area contributed by atoms with Gasteiger partial charge in [-0.05, 0) is 24.1 Å². The summed E-state index contributed by atoms with van der Waals surface area (Å²) in [7, 11) is 4.71. The van der Waals surface area contributed by atoms with Crippen LogP contribution < -0.4 is 24.8 Å².